The number of hydrogen-bond donors (Lipinski definition) is 1. The highest BCUT2D eigenvalue weighted by Crippen LogP contribution is 2.34. The molecule has 0 bridgehead atoms. The first-order chi connectivity index (χ1) is 9.30. The molecule has 1 aliphatic heterocycles. The van der Waals surface area contributed by atoms with Gasteiger partial charge in [0.05, 0.1) is 11.3 Å². The van der Waals surface area contributed by atoms with Gasteiger partial charge < -0.3 is 10.2 Å². The van der Waals surface area contributed by atoms with Crippen LogP contribution in [0.4, 0.5) is 23.2 Å². The molecule has 112 valence electrons. The first kappa shape index (κ1) is 15.1. The minimum atomic E-state index is -4.45. The van der Waals surface area contributed by atoms with Gasteiger partial charge in [-0.05, 0) is 24.1 Å². The number of piperazine rings is 1. The summed E-state index contributed by atoms with van der Waals surface area (Å²) in [6, 6.07) is 2.58. The van der Waals surface area contributed by atoms with Crippen molar-refractivity contribution in [3.8, 4) is 0 Å². The van der Waals surface area contributed by atoms with Crippen LogP contribution in [0.2, 0.25) is 0 Å². The third kappa shape index (κ3) is 3.06. The predicted molar refractivity (Wildman–Crippen MR) is 70.2 cm³/mol. The Morgan fingerprint density at radius 3 is 2.60 bits per heavy atom. The fourth-order valence-electron chi connectivity index (χ4n) is 2.53. The normalized spacial score (nSPS) is 20.6. The summed E-state index contributed by atoms with van der Waals surface area (Å²) in [5.41, 5.74) is -0.769. The molecule has 1 aromatic carbocycles. The van der Waals surface area contributed by atoms with Crippen molar-refractivity contribution >= 4 is 5.69 Å². The smallest absolute Gasteiger partial charge is 0.363 e. The Morgan fingerprint density at radius 1 is 1.30 bits per heavy atom. The molecule has 1 N–H and O–H groups in total. The number of anilines is 1. The zero-order valence-corrected chi connectivity index (χ0v) is 11.5. The van der Waals surface area contributed by atoms with E-state index >= 15 is 0 Å². The fraction of sp³-hybridized carbons (Fsp3) is 0.571. The summed E-state index contributed by atoms with van der Waals surface area (Å²) in [4.78, 5) is 1.74. The van der Waals surface area contributed by atoms with Crippen molar-refractivity contribution in [3.05, 3.63) is 29.6 Å². The van der Waals surface area contributed by atoms with Crippen molar-refractivity contribution < 1.29 is 17.6 Å². The van der Waals surface area contributed by atoms with Crippen LogP contribution in [-0.4, -0.2) is 25.7 Å². The number of nitrogens with zero attached hydrogens (tertiary/aromatic N) is 1. The Bertz CT molecular complexity index is 471. The number of benzene rings is 1. The van der Waals surface area contributed by atoms with Gasteiger partial charge in [-0.25, -0.2) is 4.39 Å². The van der Waals surface area contributed by atoms with Crippen LogP contribution in [0.5, 0.6) is 0 Å². The van der Waals surface area contributed by atoms with E-state index in [2.05, 4.69) is 5.32 Å². The molecule has 0 spiro atoms. The van der Waals surface area contributed by atoms with E-state index in [0.717, 1.165) is 18.2 Å². The highest BCUT2D eigenvalue weighted by atomic mass is 19.4. The topological polar surface area (TPSA) is 15.3 Å². The van der Waals surface area contributed by atoms with Gasteiger partial charge in [-0.3, -0.25) is 0 Å². The second-order valence-electron chi connectivity index (χ2n) is 5.37. The second-order valence-corrected chi connectivity index (χ2v) is 5.37. The van der Waals surface area contributed by atoms with Crippen molar-refractivity contribution in [1.29, 1.82) is 0 Å². The van der Waals surface area contributed by atoms with Crippen LogP contribution in [0.1, 0.15) is 19.4 Å². The molecular formula is C14H18F4N2. The van der Waals surface area contributed by atoms with Gasteiger partial charge in [0.1, 0.15) is 5.82 Å². The lowest BCUT2D eigenvalue weighted by molar-refractivity contribution is -0.137. The molecule has 0 amide bonds. The van der Waals surface area contributed by atoms with Crippen molar-refractivity contribution in [2.45, 2.75) is 26.1 Å². The van der Waals surface area contributed by atoms with Crippen LogP contribution in [0.3, 0.4) is 0 Å². The molecule has 0 radical (unpaired) electrons. The summed E-state index contributed by atoms with van der Waals surface area (Å²) in [6.45, 7) is 5.75. The highest BCUT2D eigenvalue weighted by molar-refractivity contribution is 5.52. The van der Waals surface area contributed by atoms with Crippen LogP contribution in [0, 0.1) is 11.7 Å². The SMILES string of the molecule is CC(C)C1CNCCN1c1cc(C(F)(F)F)ccc1F. The van der Waals surface area contributed by atoms with Crippen LogP contribution in [0.25, 0.3) is 0 Å². The Morgan fingerprint density at radius 2 is 2.00 bits per heavy atom. The minimum Gasteiger partial charge on any atom is -0.363 e. The molecule has 1 heterocycles. The van der Waals surface area contributed by atoms with Gasteiger partial charge in [0.25, 0.3) is 0 Å². The van der Waals surface area contributed by atoms with Gasteiger partial charge in [0.15, 0.2) is 0 Å². The van der Waals surface area contributed by atoms with Crippen LogP contribution in [0.15, 0.2) is 18.2 Å². The van der Waals surface area contributed by atoms with Gasteiger partial charge in [-0.15, -0.1) is 0 Å². The zero-order chi connectivity index (χ0) is 14.9. The quantitative estimate of drug-likeness (QED) is 0.841. The molecule has 6 heteroatoms. The molecule has 1 unspecified atom stereocenters. The summed E-state index contributed by atoms with van der Waals surface area (Å²) in [5, 5.41) is 3.19. The molecule has 0 aromatic heterocycles. The molecule has 0 aliphatic carbocycles. The Kier molecular flexibility index (Phi) is 4.22. The molecule has 1 saturated heterocycles. The second kappa shape index (κ2) is 5.60. The fourth-order valence-corrected chi connectivity index (χ4v) is 2.53. The van der Waals surface area contributed by atoms with Gasteiger partial charge >= 0.3 is 6.18 Å². The molecule has 1 aliphatic rings. The van der Waals surface area contributed by atoms with Crippen LogP contribution in [-0.2, 0) is 6.18 Å². The molecule has 2 nitrogen and oxygen atoms in total. The van der Waals surface area contributed by atoms with E-state index < -0.39 is 17.6 Å². The lowest BCUT2D eigenvalue weighted by Crippen LogP contribution is -2.54. The van der Waals surface area contributed by atoms with E-state index in [1.807, 2.05) is 13.8 Å². The predicted octanol–water partition coefficient (Wildman–Crippen LogP) is 3.28. The first-order valence-electron chi connectivity index (χ1n) is 6.65. The Balaban J connectivity index is 2.39. The third-order valence-electron chi connectivity index (χ3n) is 3.64. The lowest BCUT2D eigenvalue weighted by Gasteiger charge is -2.40. The Hall–Kier alpha value is -1.30. The van der Waals surface area contributed by atoms with Gasteiger partial charge in [0.2, 0.25) is 0 Å². The molecule has 0 saturated carbocycles. The summed E-state index contributed by atoms with van der Waals surface area (Å²) in [6.07, 6.45) is -4.45. The van der Waals surface area contributed by atoms with Crippen LogP contribution >= 0.6 is 0 Å². The maximum Gasteiger partial charge on any atom is 0.416 e. The molecule has 1 fully saturated rings. The largest absolute Gasteiger partial charge is 0.416 e. The Labute approximate surface area is 115 Å². The van der Waals surface area contributed by atoms with E-state index in [-0.39, 0.29) is 17.6 Å². The standard InChI is InChI=1S/C14H18F4N2/c1-9(2)13-8-19-5-6-20(13)12-7-10(14(16,17)18)3-4-11(12)15/h3-4,7,9,13,19H,5-6,8H2,1-2H3. The van der Waals surface area contributed by atoms with Crippen molar-refractivity contribution in [3.63, 3.8) is 0 Å². The summed E-state index contributed by atoms with van der Waals surface area (Å²) in [5.74, 6) is -0.387. The first-order valence-corrected chi connectivity index (χ1v) is 6.65. The maximum atomic E-state index is 13.9. The van der Waals surface area contributed by atoms with Crippen molar-refractivity contribution in [2.24, 2.45) is 5.92 Å². The van der Waals surface area contributed by atoms with Crippen LogP contribution < -0.4 is 10.2 Å². The number of hydrogen-bond acceptors (Lipinski definition) is 2. The number of nitrogens with one attached hydrogen (secondary N) is 1. The third-order valence-corrected chi connectivity index (χ3v) is 3.64. The maximum absolute atomic E-state index is 13.9. The highest BCUT2D eigenvalue weighted by Gasteiger charge is 2.33. The van der Waals surface area contributed by atoms with E-state index in [0.29, 0.717) is 19.6 Å². The lowest BCUT2D eigenvalue weighted by atomic mass is 9.99. The molecule has 20 heavy (non-hydrogen) atoms. The molecule has 1 atom stereocenters. The summed E-state index contributed by atoms with van der Waals surface area (Å²) < 4.78 is 52.3. The monoisotopic (exact) mass is 290 g/mol. The summed E-state index contributed by atoms with van der Waals surface area (Å²) >= 11 is 0. The average molecular weight is 290 g/mol. The molecule has 2 rings (SSSR count). The summed E-state index contributed by atoms with van der Waals surface area (Å²) in [7, 11) is 0. The number of alkyl halides is 3. The van der Waals surface area contributed by atoms with Crippen molar-refractivity contribution in [1.82, 2.24) is 5.32 Å². The average Bonchev–Trinajstić information content (AvgIpc) is 2.38. The molecular weight excluding hydrogens is 272 g/mol. The number of halogens is 4. The van der Waals surface area contributed by atoms with E-state index in [1.165, 1.54) is 0 Å². The van der Waals surface area contributed by atoms with E-state index in [1.54, 1.807) is 4.90 Å². The number of rotatable bonds is 2. The zero-order valence-electron chi connectivity index (χ0n) is 11.5. The van der Waals surface area contributed by atoms with Gasteiger partial charge in [0, 0.05) is 25.7 Å². The van der Waals surface area contributed by atoms with Gasteiger partial charge in [-0.2, -0.15) is 13.2 Å². The van der Waals surface area contributed by atoms with Crippen molar-refractivity contribution in [2.75, 3.05) is 24.5 Å². The van der Waals surface area contributed by atoms with E-state index in [9.17, 15) is 17.6 Å². The van der Waals surface area contributed by atoms with Gasteiger partial charge in [-0.1, -0.05) is 13.8 Å². The molecule has 1 aromatic rings. The van der Waals surface area contributed by atoms with E-state index in [4.69, 9.17) is 0 Å². The minimum absolute atomic E-state index is 0.0123.